The Morgan fingerprint density at radius 2 is 0.469 bits per heavy atom. The van der Waals surface area contributed by atoms with Crippen molar-refractivity contribution in [3.63, 3.8) is 0 Å². The molecule has 582 valence electrons. The van der Waals surface area contributed by atoms with Crippen molar-refractivity contribution in [2.24, 2.45) is 5.92 Å². The SMILES string of the molecule is CCCCCCCCCCCCCCCCCCCCCCC(=O)O[C@H](COC(=O)CCCCCCCCCCCCCCC(C)C)COP(=O)(O)OC[C@@H](O)COP(=O)(O)OC[C@@H](COC(=O)CCCCCCCCCCC)OC(=O)CCCCCCCCCCCCCCCC. The minimum atomic E-state index is -4.96. The van der Waals surface area contributed by atoms with E-state index in [0.717, 1.165) is 95.8 Å². The van der Waals surface area contributed by atoms with E-state index in [1.165, 1.54) is 244 Å². The van der Waals surface area contributed by atoms with E-state index < -0.39 is 97.5 Å². The Morgan fingerprint density at radius 3 is 0.694 bits per heavy atom. The van der Waals surface area contributed by atoms with Crippen molar-refractivity contribution in [3.8, 4) is 0 Å². The summed E-state index contributed by atoms with van der Waals surface area (Å²) in [4.78, 5) is 72.9. The maximum Gasteiger partial charge on any atom is 0.472 e. The van der Waals surface area contributed by atoms with Crippen molar-refractivity contribution < 1.29 is 80.2 Å². The Balaban J connectivity index is 5.21. The van der Waals surface area contributed by atoms with Crippen LogP contribution in [0.3, 0.4) is 0 Å². The highest BCUT2D eigenvalue weighted by atomic mass is 31.2. The summed E-state index contributed by atoms with van der Waals surface area (Å²) in [7, 11) is -9.91. The molecule has 0 saturated heterocycles. The quantitative estimate of drug-likeness (QED) is 0.0222. The minimum absolute atomic E-state index is 0.108. The molecule has 0 radical (unpaired) electrons. The zero-order valence-electron chi connectivity index (χ0n) is 63.9. The monoisotopic (exact) mass is 1440 g/mol. The first-order valence-corrected chi connectivity index (χ1v) is 44.1. The maximum atomic E-state index is 13.1. The molecule has 17 nitrogen and oxygen atoms in total. The predicted molar refractivity (Wildman–Crippen MR) is 400 cm³/mol. The number of esters is 4. The van der Waals surface area contributed by atoms with E-state index in [0.29, 0.717) is 25.7 Å². The lowest BCUT2D eigenvalue weighted by atomic mass is 10.0. The summed E-state index contributed by atoms with van der Waals surface area (Å²) in [6, 6.07) is 0. The van der Waals surface area contributed by atoms with Crippen LogP contribution in [0.25, 0.3) is 0 Å². The summed E-state index contributed by atoms with van der Waals surface area (Å²) in [5, 5.41) is 10.6. The number of carbonyl (C=O) groups is 4. The normalized spacial score (nSPS) is 13.9. The van der Waals surface area contributed by atoms with Crippen molar-refractivity contribution >= 4 is 39.5 Å². The average Bonchev–Trinajstić information content (AvgIpc) is 1.01. The first-order valence-electron chi connectivity index (χ1n) is 41.1. The smallest absolute Gasteiger partial charge is 0.462 e. The van der Waals surface area contributed by atoms with Gasteiger partial charge in [0.05, 0.1) is 26.4 Å². The van der Waals surface area contributed by atoms with Crippen molar-refractivity contribution in [3.05, 3.63) is 0 Å². The van der Waals surface area contributed by atoms with Crippen LogP contribution in [0.2, 0.25) is 0 Å². The molecular weight excluding hydrogens is 1280 g/mol. The summed E-state index contributed by atoms with van der Waals surface area (Å²) in [5.41, 5.74) is 0. The van der Waals surface area contributed by atoms with Crippen molar-refractivity contribution in [1.29, 1.82) is 0 Å². The van der Waals surface area contributed by atoms with Crippen molar-refractivity contribution in [2.45, 2.75) is 438 Å². The Kier molecular flexibility index (Phi) is 70.6. The predicted octanol–water partition coefficient (Wildman–Crippen LogP) is 23.6. The molecule has 0 aliphatic carbocycles. The third kappa shape index (κ3) is 72.4. The molecule has 0 rings (SSSR count). The highest BCUT2D eigenvalue weighted by Gasteiger charge is 2.30. The lowest BCUT2D eigenvalue weighted by Gasteiger charge is -2.21. The molecule has 0 aliphatic heterocycles. The van der Waals surface area contributed by atoms with Gasteiger partial charge >= 0.3 is 39.5 Å². The topological polar surface area (TPSA) is 237 Å². The number of hydrogen-bond donors (Lipinski definition) is 3. The number of hydrogen-bond acceptors (Lipinski definition) is 15. The van der Waals surface area contributed by atoms with Crippen LogP contribution >= 0.6 is 15.6 Å². The molecule has 5 atom stereocenters. The molecular formula is C79H154O17P2. The molecule has 0 fully saturated rings. The van der Waals surface area contributed by atoms with Gasteiger partial charge in [-0.25, -0.2) is 9.13 Å². The van der Waals surface area contributed by atoms with Gasteiger partial charge in [0.25, 0.3) is 0 Å². The lowest BCUT2D eigenvalue weighted by molar-refractivity contribution is -0.161. The zero-order chi connectivity index (χ0) is 71.9. The van der Waals surface area contributed by atoms with Crippen LogP contribution in [0.15, 0.2) is 0 Å². The Labute approximate surface area is 600 Å². The molecule has 0 aromatic heterocycles. The fourth-order valence-electron chi connectivity index (χ4n) is 12.2. The van der Waals surface area contributed by atoms with Gasteiger partial charge in [0.15, 0.2) is 12.2 Å². The molecule has 0 heterocycles. The number of phosphoric ester groups is 2. The molecule has 0 saturated carbocycles. The molecule has 0 aliphatic rings. The summed E-state index contributed by atoms with van der Waals surface area (Å²) in [5.74, 6) is -1.33. The molecule has 0 spiro atoms. The van der Waals surface area contributed by atoms with Gasteiger partial charge in [-0.2, -0.15) is 0 Å². The van der Waals surface area contributed by atoms with Gasteiger partial charge in [0.2, 0.25) is 0 Å². The van der Waals surface area contributed by atoms with Crippen LogP contribution < -0.4 is 0 Å². The summed E-state index contributed by atoms with van der Waals surface area (Å²) in [6.45, 7) is 7.32. The first kappa shape index (κ1) is 96.1. The molecule has 98 heavy (non-hydrogen) atoms. The van der Waals surface area contributed by atoms with E-state index in [1.807, 2.05) is 0 Å². The van der Waals surface area contributed by atoms with Gasteiger partial charge in [0.1, 0.15) is 19.3 Å². The first-order chi connectivity index (χ1) is 47.5. The minimum Gasteiger partial charge on any atom is -0.462 e. The molecule has 0 bridgehead atoms. The fraction of sp³-hybridized carbons (Fsp3) is 0.949. The standard InChI is InChI=1S/C79H154O17P2/c1-6-9-12-15-18-21-23-25-27-28-29-30-31-32-34-40-45-50-55-60-65-79(84)96-75(69-90-77(82)63-58-53-48-43-38-36-35-37-42-46-51-56-61-72(4)5)71-94-98(87,88)92-67-73(80)66-91-97(85,86)93-70-74(68-89-76(81)62-57-52-47-41-20-17-14-11-8-3)95-78(83)64-59-54-49-44-39-33-26-24-22-19-16-13-10-7-2/h72-75,80H,6-71H2,1-5H3,(H,85,86)(H,87,88)/t73-,74+,75+/m0/s1. The van der Waals surface area contributed by atoms with Crippen LogP contribution in [-0.4, -0.2) is 96.7 Å². The molecule has 19 heteroatoms. The second-order valence-corrected chi connectivity index (χ2v) is 31.8. The Morgan fingerprint density at radius 1 is 0.276 bits per heavy atom. The van der Waals surface area contributed by atoms with Crippen LogP contribution in [0.5, 0.6) is 0 Å². The fourth-order valence-corrected chi connectivity index (χ4v) is 13.8. The van der Waals surface area contributed by atoms with Crippen LogP contribution in [0.1, 0.15) is 420 Å². The molecule has 0 aromatic carbocycles. The Hall–Kier alpha value is -1.94. The van der Waals surface area contributed by atoms with Crippen molar-refractivity contribution in [1.82, 2.24) is 0 Å². The second kappa shape index (κ2) is 72.0. The third-order valence-corrected chi connectivity index (χ3v) is 20.4. The third-order valence-electron chi connectivity index (χ3n) is 18.5. The number of rotatable bonds is 79. The highest BCUT2D eigenvalue weighted by Crippen LogP contribution is 2.45. The van der Waals surface area contributed by atoms with Crippen LogP contribution in [0.4, 0.5) is 0 Å². The summed E-state index contributed by atoms with van der Waals surface area (Å²) in [6.07, 6.45) is 62.4. The molecule has 0 amide bonds. The van der Waals surface area contributed by atoms with Gasteiger partial charge in [-0.15, -0.1) is 0 Å². The zero-order valence-corrected chi connectivity index (χ0v) is 65.7. The maximum absolute atomic E-state index is 13.1. The summed E-state index contributed by atoms with van der Waals surface area (Å²) >= 11 is 0. The van der Waals surface area contributed by atoms with E-state index in [9.17, 15) is 43.2 Å². The van der Waals surface area contributed by atoms with E-state index in [2.05, 4.69) is 34.6 Å². The molecule has 0 aromatic rings. The van der Waals surface area contributed by atoms with E-state index in [1.54, 1.807) is 0 Å². The second-order valence-electron chi connectivity index (χ2n) is 28.9. The number of phosphoric acid groups is 2. The lowest BCUT2D eigenvalue weighted by Crippen LogP contribution is -2.30. The largest absolute Gasteiger partial charge is 0.472 e. The molecule has 3 N–H and O–H groups in total. The number of carbonyl (C=O) groups excluding carboxylic acids is 4. The Bertz CT molecular complexity index is 1870. The number of unbranched alkanes of at least 4 members (excludes halogenated alkanes) is 51. The summed E-state index contributed by atoms with van der Waals surface area (Å²) < 4.78 is 68.6. The average molecular weight is 1440 g/mol. The van der Waals surface area contributed by atoms with Gasteiger partial charge < -0.3 is 33.8 Å². The van der Waals surface area contributed by atoms with Gasteiger partial charge in [-0.05, 0) is 31.6 Å². The number of aliphatic hydroxyl groups is 1. The van der Waals surface area contributed by atoms with Gasteiger partial charge in [-0.3, -0.25) is 37.3 Å². The van der Waals surface area contributed by atoms with Crippen LogP contribution in [-0.2, 0) is 65.4 Å². The van der Waals surface area contributed by atoms with Crippen LogP contribution in [0, 0.1) is 5.92 Å². The number of aliphatic hydroxyl groups excluding tert-OH is 1. The number of ether oxygens (including phenoxy) is 4. The highest BCUT2D eigenvalue weighted by molar-refractivity contribution is 7.47. The van der Waals surface area contributed by atoms with Crippen molar-refractivity contribution in [2.75, 3.05) is 39.6 Å². The van der Waals surface area contributed by atoms with E-state index >= 15 is 0 Å². The van der Waals surface area contributed by atoms with E-state index in [4.69, 9.17) is 37.0 Å². The van der Waals surface area contributed by atoms with E-state index in [-0.39, 0.29) is 25.7 Å². The van der Waals surface area contributed by atoms with Gasteiger partial charge in [0, 0.05) is 25.7 Å². The molecule has 2 unspecified atom stereocenters. The van der Waals surface area contributed by atoms with Gasteiger partial charge in [-0.1, -0.05) is 369 Å².